The molecule has 0 aliphatic carbocycles. The van der Waals surface area contributed by atoms with Crippen LogP contribution in [-0.2, 0) is 0 Å². The van der Waals surface area contributed by atoms with E-state index in [0.29, 0.717) is 17.5 Å². The first-order valence-corrected chi connectivity index (χ1v) is 18.7. The van der Waals surface area contributed by atoms with Crippen molar-refractivity contribution in [3.63, 3.8) is 0 Å². The van der Waals surface area contributed by atoms with E-state index in [1.807, 2.05) is 78.9 Å². The van der Waals surface area contributed by atoms with Crippen molar-refractivity contribution in [3.8, 4) is 67.5 Å². The minimum Gasteiger partial charge on any atom is -0.456 e. The van der Waals surface area contributed by atoms with E-state index in [1.54, 1.807) is 0 Å². The highest BCUT2D eigenvalue weighted by Gasteiger charge is 2.20. The summed E-state index contributed by atoms with van der Waals surface area (Å²) < 4.78 is 13.1. The summed E-state index contributed by atoms with van der Waals surface area (Å²) >= 11 is 0. The molecule has 11 rings (SSSR count). The second-order valence-electron chi connectivity index (χ2n) is 13.9. The van der Waals surface area contributed by atoms with Crippen LogP contribution in [0.5, 0.6) is 0 Å². The fourth-order valence-corrected chi connectivity index (χ4v) is 7.94. The summed E-state index contributed by atoms with van der Waals surface area (Å²) in [6.07, 6.45) is 0. The molecule has 0 unspecified atom stereocenters. The molecule has 0 amide bonds. The van der Waals surface area contributed by atoms with Crippen LogP contribution in [-0.4, -0.2) is 15.0 Å². The SMILES string of the molecule is c1ccc(-c2ccc3oc4cccc(-c5ccccc5-c5cccc6oc7cc(-c8nc(-c9ccccc9)nc(-c9ccccc9)n8)ccc7c56)c4c3c2)cc1. The molecule has 0 radical (unpaired) electrons. The van der Waals surface area contributed by atoms with Crippen LogP contribution in [0, 0.1) is 0 Å². The normalized spacial score (nSPS) is 11.6. The van der Waals surface area contributed by atoms with Crippen molar-refractivity contribution < 1.29 is 8.83 Å². The zero-order chi connectivity index (χ0) is 37.0. The number of hydrogen-bond acceptors (Lipinski definition) is 5. The Labute approximate surface area is 322 Å². The summed E-state index contributed by atoms with van der Waals surface area (Å²) in [5, 5.41) is 4.27. The minimum atomic E-state index is 0.585. The van der Waals surface area contributed by atoms with Crippen molar-refractivity contribution in [2.24, 2.45) is 0 Å². The van der Waals surface area contributed by atoms with Crippen LogP contribution in [0.3, 0.4) is 0 Å². The summed E-state index contributed by atoms with van der Waals surface area (Å²) in [4.78, 5) is 14.8. The number of nitrogens with zero attached hydrogens (tertiary/aromatic N) is 3. The van der Waals surface area contributed by atoms with Gasteiger partial charge in [0.2, 0.25) is 0 Å². The van der Waals surface area contributed by atoms with E-state index >= 15 is 0 Å². The summed E-state index contributed by atoms with van der Waals surface area (Å²) in [5.74, 6) is 1.83. The van der Waals surface area contributed by atoms with E-state index in [1.165, 1.54) is 5.56 Å². The second kappa shape index (κ2) is 13.0. The zero-order valence-corrected chi connectivity index (χ0v) is 30.1. The van der Waals surface area contributed by atoms with E-state index in [2.05, 4.69) is 109 Å². The maximum Gasteiger partial charge on any atom is 0.164 e. The highest BCUT2D eigenvalue weighted by molar-refractivity contribution is 6.17. The van der Waals surface area contributed by atoms with Gasteiger partial charge in [0.15, 0.2) is 17.5 Å². The van der Waals surface area contributed by atoms with Gasteiger partial charge in [-0.3, -0.25) is 0 Å². The summed E-state index contributed by atoms with van der Waals surface area (Å²) in [5.41, 5.74) is 12.8. The number of fused-ring (bicyclic) bond motifs is 6. The van der Waals surface area contributed by atoms with E-state index in [0.717, 1.165) is 88.4 Å². The standard InChI is InChI=1S/C51H31N3O2/c1-4-14-32(15-5-1)35-27-29-43-42(30-35)48-40(23-13-25-45(48)55-43)38-21-11-10-20-37(38)39-22-12-24-44-47(39)41-28-26-36(31-46(41)56-44)51-53-49(33-16-6-2-7-17-33)52-50(54-51)34-18-8-3-9-19-34/h1-31H. The van der Waals surface area contributed by atoms with Crippen LogP contribution in [0.25, 0.3) is 111 Å². The first-order valence-electron chi connectivity index (χ1n) is 18.7. The Bertz CT molecular complexity index is 3180. The maximum absolute atomic E-state index is 6.64. The zero-order valence-electron chi connectivity index (χ0n) is 30.1. The van der Waals surface area contributed by atoms with Gasteiger partial charge in [0, 0.05) is 38.2 Å². The first kappa shape index (κ1) is 31.9. The molecule has 56 heavy (non-hydrogen) atoms. The van der Waals surface area contributed by atoms with Crippen LogP contribution in [0.2, 0.25) is 0 Å². The van der Waals surface area contributed by atoms with Crippen molar-refractivity contribution in [3.05, 3.63) is 188 Å². The number of furan rings is 2. The van der Waals surface area contributed by atoms with Crippen molar-refractivity contribution >= 4 is 43.9 Å². The molecule has 0 N–H and O–H groups in total. The molecule has 0 fully saturated rings. The molecule has 0 spiro atoms. The highest BCUT2D eigenvalue weighted by atomic mass is 16.3. The predicted octanol–water partition coefficient (Wildman–Crippen LogP) is 13.7. The van der Waals surface area contributed by atoms with Crippen LogP contribution in [0.4, 0.5) is 0 Å². The molecular formula is C51H31N3O2. The Morgan fingerprint density at radius 2 is 0.732 bits per heavy atom. The van der Waals surface area contributed by atoms with Crippen LogP contribution in [0.15, 0.2) is 197 Å². The van der Waals surface area contributed by atoms with Crippen LogP contribution in [0.1, 0.15) is 0 Å². The first-order chi connectivity index (χ1) is 27.7. The molecule has 0 bridgehead atoms. The van der Waals surface area contributed by atoms with Gasteiger partial charge in [-0.15, -0.1) is 0 Å². The highest BCUT2D eigenvalue weighted by Crippen LogP contribution is 2.45. The largest absolute Gasteiger partial charge is 0.456 e. The number of aromatic nitrogens is 3. The summed E-state index contributed by atoms with van der Waals surface area (Å²) in [6.45, 7) is 0. The van der Waals surface area contributed by atoms with E-state index in [9.17, 15) is 0 Å². The Kier molecular flexibility index (Phi) is 7.42. The quantitative estimate of drug-likeness (QED) is 0.171. The lowest BCUT2D eigenvalue weighted by Crippen LogP contribution is -2.00. The molecule has 0 saturated carbocycles. The second-order valence-corrected chi connectivity index (χ2v) is 13.9. The summed E-state index contributed by atoms with van der Waals surface area (Å²) in [7, 11) is 0. The van der Waals surface area contributed by atoms with Gasteiger partial charge in [-0.05, 0) is 69.8 Å². The lowest BCUT2D eigenvalue weighted by atomic mass is 9.90. The maximum atomic E-state index is 6.64. The fourth-order valence-electron chi connectivity index (χ4n) is 7.94. The Hall–Kier alpha value is -7.63. The molecule has 3 heterocycles. The number of rotatable bonds is 6. The third-order valence-corrected chi connectivity index (χ3v) is 10.6. The third kappa shape index (κ3) is 5.37. The average molecular weight is 718 g/mol. The van der Waals surface area contributed by atoms with Gasteiger partial charge in [-0.2, -0.15) is 0 Å². The molecule has 0 aliphatic rings. The van der Waals surface area contributed by atoms with Gasteiger partial charge >= 0.3 is 0 Å². The van der Waals surface area contributed by atoms with Crippen LogP contribution < -0.4 is 0 Å². The van der Waals surface area contributed by atoms with Crippen molar-refractivity contribution in [1.82, 2.24) is 15.0 Å². The lowest BCUT2D eigenvalue weighted by molar-refractivity contribution is 0.668. The van der Waals surface area contributed by atoms with E-state index in [-0.39, 0.29) is 0 Å². The summed E-state index contributed by atoms with van der Waals surface area (Å²) in [6, 6.07) is 64.6. The van der Waals surface area contributed by atoms with Gasteiger partial charge in [0.25, 0.3) is 0 Å². The van der Waals surface area contributed by atoms with E-state index in [4.69, 9.17) is 23.8 Å². The molecule has 262 valence electrons. The molecule has 3 aromatic heterocycles. The Morgan fingerprint density at radius 1 is 0.268 bits per heavy atom. The van der Waals surface area contributed by atoms with Crippen molar-refractivity contribution in [1.29, 1.82) is 0 Å². The number of benzene rings is 8. The third-order valence-electron chi connectivity index (χ3n) is 10.6. The van der Waals surface area contributed by atoms with Gasteiger partial charge < -0.3 is 8.83 Å². The predicted molar refractivity (Wildman–Crippen MR) is 227 cm³/mol. The Morgan fingerprint density at radius 3 is 1.32 bits per heavy atom. The van der Waals surface area contributed by atoms with Crippen molar-refractivity contribution in [2.45, 2.75) is 0 Å². The molecule has 0 aliphatic heterocycles. The Balaban J connectivity index is 1.06. The minimum absolute atomic E-state index is 0.585. The van der Waals surface area contributed by atoms with Gasteiger partial charge in [-0.1, -0.05) is 152 Å². The van der Waals surface area contributed by atoms with Crippen LogP contribution >= 0.6 is 0 Å². The molecular weight excluding hydrogens is 687 g/mol. The fraction of sp³-hybridized carbons (Fsp3) is 0. The van der Waals surface area contributed by atoms with Gasteiger partial charge in [0.1, 0.15) is 22.3 Å². The molecule has 8 aromatic carbocycles. The smallest absolute Gasteiger partial charge is 0.164 e. The number of hydrogen-bond donors (Lipinski definition) is 0. The monoisotopic (exact) mass is 717 g/mol. The molecule has 5 nitrogen and oxygen atoms in total. The molecule has 11 aromatic rings. The average Bonchev–Trinajstić information content (AvgIpc) is 3.85. The van der Waals surface area contributed by atoms with Crippen molar-refractivity contribution in [2.75, 3.05) is 0 Å². The molecule has 0 saturated heterocycles. The van der Waals surface area contributed by atoms with Gasteiger partial charge in [0.05, 0.1) is 0 Å². The van der Waals surface area contributed by atoms with Gasteiger partial charge in [-0.25, -0.2) is 15.0 Å². The molecule has 5 heteroatoms. The van der Waals surface area contributed by atoms with E-state index < -0.39 is 0 Å². The topological polar surface area (TPSA) is 65.0 Å². The molecule has 0 atom stereocenters. The lowest BCUT2D eigenvalue weighted by Gasteiger charge is -2.13.